The van der Waals surface area contributed by atoms with Gasteiger partial charge in [-0.05, 0) is 43.3 Å². The monoisotopic (exact) mass is 283 g/mol. The number of nitrogens with one attached hydrogen (secondary N) is 1. The van der Waals surface area contributed by atoms with Crippen LogP contribution >= 0.6 is 0 Å². The van der Waals surface area contributed by atoms with Crippen molar-refractivity contribution in [3.8, 4) is 0 Å². The standard InChI is InChI=1S/C14H12F3NO2/c1-9(12-3-2-8-20-12)18-13(19)10-4-6-11(7-5-10)14(15,16)17/h2-9H,1H3,(H,18,19)/t9-/m1/s1. The van der Waals surface area contributed by atoms with Gasteiger partial charge in [-0.3, -0.25) is 4.79 Å². The van der Waals surface area contributed by atoms with E-state index in [-0.39, 0.29) is 11.6 Å². The van der Waals surface area contributed by atoms with Crippen molar-refractivity contribution in [2.75, 3.05) is 0 Å². The van der Waals surface area contributed by atoms with E-state index < -0.39 is 17.6 Å². The highest BCUT2D eigenvalue weighted by atomic mass is 19.4. The smallest absolute Gasteiger partial charge is 0.416 e. The van der Waals surface area contributed by atoms with Gasteiger partial charge in [-0.1, -0.05) is 0 Å². The molecule has 1 heterocycles. The van der Waals surface area contributed by atoms with Crippen molar-refractivity contribution in [2.45, 2.75) is 19.1 Å². The predicted octanol–water partition coefficient (Wildman–Crippen LogP) is 3.79. The van der Waals surface area contributed by atoms with Gasteiger partial charge in [0.1, 0.15) is 5.76 Å². The fraction of sp³-hybridized carbons (Fsp3) is 0.214. The van der Waals surface area contributed by atoms with Gasteiger partial charge >= 0.3 is 6.18 Å². The van der Waals surface area contributed by atoms with Gasteiger partial charge < -0.3 is 9.73 Å². The molecule has 1 atom stereocenters. The summed E-state index contributed by atoms with van der Waals surface area (Å²) >= 11 is 0. The Morgan fingerprint density at radius 3 is 2.35 bits per heavy atom. The van der Waals surface area contributed by atoms with E-state index in [4.69, 9.17) is 4.42 Å². The largest absolute Gasteiger partial charge is 0.467 e. The summed E-state index contributed by atoms with van der Waals surface area (Å²) in [5.41, 5.74) is -0.621. The van der Waals surface area contributed by atoms with Crippen LogP contribution in [0.1, 0.15) is 34.6 Å². The molecule has 20 heavy (non-hydrogen) atoms. The van der Waals surface area contributed by atoms with E-state index in [1.165, 1.54) is 6.26 Å². The SMILES string of the molecule is C[C@@H](NC(=O)c1ccc(C(F)(F)F)cc1)c1ccco1. The lowest BCUT2D eigenvalue weighted by atomic mass is 10.1. The van der Waals surface area contributed by atoms with Gasteiger partial charge in [0.15, 0.2) is 0 Å². The fourth-order valence-electron chi connectivity index (χ4n) is 1.70. The summed E-state index contributed by atoms with van der Waals surface area (Å²) in [5.74, 6) is 0.118. The molecule has 0 unspecified atom stereocenters. The molecule has 0 saturated carbocycles. The third-order valence-corrected chi connectivity index (χ3v) is 2.79. The molecule has 0 saturated heterocycles. The van der Waals surface area contributed by atoms with E-state index in [1.807, 2.05) is 0 Å². The minimum absolute atomic E-state index is 0.163. The second kappa shape index (κ2) is 5.40. The van der Waals surface area contributed by atoms with Crippen molar-refractivity contribution in [2.24, 2.45) is 0 Å². The Hall–Kier alpha value is -2.24. The highest BCUT2D eigenvalue weighted by molar-refractivity contribution is 5.94. The molecule has 2 aromatic rings. The average molecular weight is 283 g/mol. The summed E-state index contributed by atoms with van der Waals surface area (Å²) in [6.07, 6.45) is -2.92. The molecule has 106 valence electrons. The molecular weight excluding hydrogens is 271 g/mol. The number of hydrogen-bond acceptors (Lipinski definition) is 2. The summed E-state index contributed by atoms with van der Waals surface area (Å²) in [6.45, 7) is 1.72. The van der Waals surface area contributed by atoms with Gasteiger partial charge in [0, 0.05) is 5.56 Å². The lowest BCUT2D eigenvalue weighted by Gasteiger charge is -2.12. The third kappa shape index (κ3) is 3.20. The number of benzene rings is 1. The molecule has 6 heteroatoms. The molecular formula is C14H12F3NO2. The zero-order chi connectivity index (χ0) is 14.8. The van der Waals surface area contributed by atoms with Crippen molar-refractivity contribution in [3.05, 3.63) is 59.5 Å². The van der Waals surface area contributed by atoms with Crippen molar-refractivity contribution < 1.29 is 22.4 Å². The van der Waals surface area contributed by atoms with Crippen molar-refractivity contribution in [3.63, 3.8) is 0 Å². The summed E-state index contributed by atoms with van der Waals surface area (Å²) in [5, 5.41) is 2.64. The molecule has 0 aliphatic carbocycles. The van der Waals surface area contributed by atoms with Crippen LogP contribution in [0.25, 0.3) is 0 Å². The number of carbonyl (C=O) groups excluding carboxylic acids is 1. The Morgan fingerprint density at radius 2 is 1.85 bits per heavy atom. The molecule has 1 aromatic heterocycles. The quantitative estimate of drug-likeness (QED) is 0.931. The van der Waals surface area contributed by atoms with E-state index in [0.717, 1.165) is 24.3 Å². The van der Waals surface area contributed by atoms with Crippen LogP contribution in [0.3, 0.4) is 0 Å². The second-order valence-corrected chi connectivity index (χ2v) is 4.29. The van der Waals surface area contributed by atoms with Gasteiger partial charge in [0.2, 0.25) is 0 Å². The molecule has 1 N–H and O–H groups in total. The molecule has 3 nitrogen and oxygen atoms in total. The lowest BCUT2D eigenvalue weighted by molar-refractivity contribution is -0.137. The van der Waals surface area contributed by atoms with Crippen LogP contribution in [0, 0.1) is 0 Å². The zero-order valence-corrected chi connectivity index (χ0v) is 10.6. The van der Waals surface area contributed by atoms with Gasteiger partial charge in [0.05, 0.1) is 17.9 Å². The van der Waals surface area contributed by atoms with Crippen LogP contribution in [0.5, 0.6) is 0 Å². The van der Waals surface area contributed by atoms with Gasteiger partial charge in [-0.2, -0.15) is 13.2 Å². The van der Waals surface area contributed by atoms with Crippen molar-refractivity contribution in [1.29, 1.82) is 0 Å². The van der Waals surface area contributed by atoms with Gasteiger partial charge in [-0.15, -0.1) is 0 Å². The maximum Gasteiger partial charge on any atom is 0.416 e. The molecule has 0 radical (unpaired) electrons. The summed E-state index contributed by atoms with van der Waals surface area (Å²) in [4.78, 5) is 11.9. The Bertz CT molecular complexity index is 573. The fourth-order valence-corrected chi connectivity index (χ4v) is 1.70. The predicted molar refractivity (Wildman–Crippen MR) is 66.0 cm³/mol. The molecule has 1 amide bonds. The van der Waals surface area contributed by atoms with Gasteiger partial charge in [0.25, 0.3) is 5.91 Å². The van der Waals surface area contributed by atoms with Crippen LogP contribution in [0.2, 0.25) is 0 Å². The minimum Gasteiger partial charge on any atom is -0.467 e. The number of hydrogen-bond donors (Lipinski definition) is 1. The molecule has 0 aliphatic rings. The number of rotatable bonds is 3. The molecule has 0 spiro atoms. The first-order valence-electron chi connectivity index (χ1n) is 5.89. The maximum absolute atomic E-state index is 12.4. The Balaban J connectivity index is 2.06. The first-order valence-corrected chi connectivity index (χ1v) is 5.89. The topological polar surface area (TPSA) is 42.2 Å². The van der Waals surface area contributed by atoms with Crippen LogP contribution < -0.4 is 5.32 Å². The number of amides is 1. The van der Waals surface area contributed by atoms with Gasteiger partial charge in [-0.25, -0.2) is 0 Å². The Labute approximate surface area is 113 Å². The summed E-state index contributed by atoms with van der Waals surface area (Å²) in [7, 11) is 0. The highest BCUT2D eigenvalue weighted by Gasteiger charge is 2.30. The van der Waals surface area contributed by atoms with Crippen molar-refractivity contribution in [1.82, 2.24) is 5.32 Å². The van der Waals surface area contributed by atoms with Crippen LogP contribution in [-0.2, 0) is 6.18 Å². The van der Waals surface area contributed by atoms with Crippen molar-refractivity contribution >= 4 is 5.91 Å². The second-order valence-electron chi connectivity index (χ2n) is 4.29. The summed E-state index contributed by atoms with van der Waals surface area (Å²) < 4.78 is 42.3. The normalized spacial score (nSPS) is 13.0. The maximum atomic E-state index is 12.4. The highest BCUT2D eigenvalue weighted by Crippen LogP contribution is 2.29. The van der Waals surface area contributed by atoms with Crippen LogP contribution in [0.15, 0.2) is 47.1 Å². The van der Waals surface area contributed by atoms with Crippen LogP contribution in [0.4, 0.5) is 13.2 Å². The van der Waals surface area contributed by atoms with E-state index in [9.17, 15) is 18.0 Å². The molecule has 0 aliphatic heterocycles. The first-order chi connectivity index (χ1) is 9.38. The van der Waals surface area contributed by atoms with Crippen LogP contribution in [-0.4, -0.2) is 5.91 Å². The number of halogens is 3. The molecule has 2 rings (SSSR count). The molecule has 0 fully saturated rings. The number of alkyl halides is 3. The van der Waals surface area contributed by atoms with E-state index >= 15 is 0 Å². The molecule has 1 aromatic carbocycles. The first kappa shape index (κ1) is 14.2. The number of carbonyl (C=O) groups is 1. The van der Waals surface area contributed by atoms with E-state index in [2.05, 4.69) is 5.32 Å². The lowest BCUT2D eigenvalue weighted by Crippen LogP contribution is -2.26. The third-order valence-electron chi connectivity index (χ3n) is 2.79. The van der Waals surface area contributed by atoms with E-state index in [0.29, 0.717) is 5.76 Å². The average Bonchev–Trinajstić information content (AvgIpc) is 2.91. The Morgan fingerprint density at radius 1 is 1.20 bits per heavy atom. The molecule has 0 bridgehead atoms. The van der Waals surface area contributed by atoms with E-state index in [1.54, 1.807) is 19.1 Å². The Kier molecular flexibility index (Phi) is 3.83. The zero-order valence-electron chi connectivity index (χ0n) is 10.6. The minimum atomic E-state index is -4.41. The number of furan rings is 1. The summed E-state index contributed by atoms with van der Waals surface area (Å²) in [6, 6.07) is 7.09.